The van der Waals surface area contributed by atoms with Crippen molar-refractivity contribution in [3.8, 4) is 0 Å². The molecule has 0 N–H and O–H groups in total. The number of aromatic nitrogens is 1. The Balaban J connectivity index is 2.79. The Labute approximate surface area is 112 Å². The van der Waals surface area contributed by atoms with Crippen LogP contribution >= 0.6 is 15.9 Å². The van der Waals surface area contributed by atoms with Gasteiger partial charge in [0.15, 0.2) is 0 Å². The van der Waals surface area contributed by atoms with Crippen molar-refractivity contribution in [3.63, 3.8) is 0 Å². The third-order valence-corrected chi connectivity index (χ3v) is 3.23. The van der Waals surface area contributed by atoms with Crippen LogP contribution in [0.4, 0.5) is 13.2 Å². The van der Waals surface area contributed by atoms with E-state index >= 15 is 0 Å². The minimum atomic E-state index is -4.41. The Morgan fingerprint density at radius 3 is 2.56 bits per heavy atom. The number of alkyl halides is 4. The fourth-order valence-electron chi connectivity index (χ4n) is 1.56. The molecule has 6 heteroatoms. The maximum Gasteiger partial charge on any atom is 0.417 e. The zero-order valence-electron chi connectivity index (χ0n) is 10.0. The van der Waals surface area contributed by atoms with Gasteiger partial charge in [0.1, 0.15) is 0 Å². The van der Waals surface area contributed by atoms with Gasteiger partial charge >= 0.3 is 6.18 Å². The molecular formula is C12H15BrF3NO. The number of halogens is 4. The Hall–Kier alpha value is -0.780. The standard InChI is InChI=1S/C12H15BrF3NO/c1-9(4-6-13)5-7-17-8-10(12(14,15)16)2-3-11(17)18/h2-3,8-9H,4-7H2,1H3. The molecule has 2 nitrogen and oxygen atoms in total. The van der Waals surface area contributed by atoms with E-state index in [0.29, 0.717) is 18.9 Å². The summed E-state index contributed by atoms with van der Waals surface area (Å²) in [4.78, 5) is 11.5. The van der Waals surface area contributed by atoms with E-state index in [0.717, 1.165) is 34.6 Å². The quantitative estimate of drug-likeness (QED) is 0.757. The van der Waals surface area contributed by atoms with Gasteiger partial charge in [0.2, 0.25) is 0 Å². The van der Waals surface area contributed by atoms with E-state index in [9.17, 15) is 18.0 Å². The zero-order valence-corrected chi connectivity index (χ0v) is 11.6. The van der Waals surface area contributed by atoms with Gasteiger partial charge in [-0.05, 0) is 24.8 Å². The predicted octanol–water partition coefficient (Wildman–Crippen LogP) is 3.68. The second-order valence-corrected chi connectivity index (χ2v) is 5.11. The number of hydrogen-bond donors (Lipinski definition) is 0. The van der Waals surface area contributed by atoms with E-state index in [2.05, 4.69) is 15.9 Å². The van der Waals surface area contributed by atoms with Gasteiger partial charge in [-0.25, -0.2) is 0 Å². The highest BCUT2D eigenvalue weighted by atomic mass is 79.9. The molecule has 0 radical (unpaired) electrons. The summed E-state index contributed by atoms with van der Waals surface area (Å²) in [5, 5.41) is 0.853. The second kappa shape index (κ2) is 6.41. The summed E-state index contributed by atoms with van der Waals surface area (Å²) < 4.78 is 38.6. The lowest BCUT2D eigenvalue weighted by molar-refractivity contribution is -0.138. The summed E-state index contributed by atoms with van der Waals surface area (Å²) in [7, 11) is 0. The van der Waals surface area contributed by atoms with Crippen LogP contribution in [0.1, 0.15) is 25.3 Å². The van der Waals surface area contributed by atoms with Crippen LogP contribution in [0, 0.1) is 5.92 Å². The number of pyridine rings is 1. The molecule has 1 rings (SSSR count). The van der Waals surface area contributed by atoms with Gasteiger partial charge in [-0.3, -0.25) is 4.79 Å². The normalized spacial score (nSPS) is 13.6. The third kappa shape index (κ3) is 4.48. The molecule has 0 amide bonds. The number of nitrogens with zero attached hydrogens (tertiary/aromatic N) is 1. The summed E-state index contributed by atoms with van der Waals surface area (Å²) >= 11 is 3.31. The highest BCUT2D eigenvalue weighted by Gasteiger charge is 2.30. The van der Waals surface area contributed by atoms with Gasteiger partial charge in [-0.1, -0.05) is 22.9 Å². The number of rotatable bonds is 5. The Morgan fingerprint density at radius 2 is 2.00 bits per heavy atom. The van der Waals surface area contributed by atoms with Crippen molar-refractivity contribution in [2.45, 2.75) is 32.5 Å². The molecule has 0 spiro atoms. The van der Waals surface area contributed by atoms with Crippen LogP contribution in [0.15, 0.2) is 23.1 Å². The van der Waals surface area contributed by atoms with Gasteiger partial charge in [0, 0.05) is 24.1 Å². The topological polar surface area (TPSA) is 22.0 Å². The fourth-order valence-corrected chi connectivity index (χ4v) is 2.35. The van der Waals surface area contributed by atoms with Gasteiger partial charge < -0.3 is 4.57 Å². The molecule has 0 bridgehead atoms. The molecule has 1 atom stereocenters. The largest absolute Gasteiger partial charge is 0.417 e. The molecule has 0 aliphatic carbocycles. The van der Waals surface area contributed by atoms with Crippen LogP contribution in [0.2, 0.25) is 0 Å². The number of hydrogen-bond acceptors (Lipinski definition) is 1. The Morgan fingerprint density at radius 1 is 1.33 bits per heavy atom. The summed E-state index contributed by atoms with van der Waals surface area (Å²) in [5.41, 5.74) is -1.18. The van der Waals surface area contributed by atoms with Crippen LogP contribution in [0.5, 0.6) is 0 Å². The average molecular weight is 326 g/mol. The molecule has 0 aliphatic rings. The van der Waals surface area contributed by atoms with E-state index in [4.69, 9.17) is 0 Å². The van der Waals surface area contributed by atoms with E-state index in [-0.39, 0.29) is 0 Å². The van der Waals surface area contributed by atoms with Crippen molar-refractivity contribution in [2.75, 3.05) is 5.33 Å². The summed E-state index contributed by atoms with van der Waals surface area (Å²) in [6.07, 6.45) is -1.89. The first-order chi connectivity index (χ1) is 8.34. The van der Waals surface area contributed by atoms with Crippen LogP contribution in [0.25, 0.3) is 0 Å². The highest BCUT2D eigenvalue weighted by molar-refractivity contribution is 9.09. The third-order valence-electron chi connectivity index (χ3n) is 2.78. The molecule has 0 aliphatic heterocycles. The lowest BCUT2D eigenvalue weighted by Crippen LogP contribution is -2.22. The molecule has 0 saturated heterocycles. The molecule has 1 aromatic heterocycles. The van der Waals surface area contributed by atoms with Crippen LogP contribution in [-0.2, 0) is 12.7 Å². The molecule has 1 heterocycles. The molecule has 0 fully saturated rings. The molecule has 0 saturated carbocycles. The second-order valence-electron chi connectivity index (χ2n) is 4.32. The maximum absolute atomic E-state index is 12.5. The van der Waals surface area contributed by atoms with E-state index in [1.54, 1.807) is 0 Å². The van der Waals surface area contributed by atoms with Gasteiger partial charge in [0.25, 0.3) is 5.56 Å². The van der Waals surface area contributed by atoms with Gasteiger partial charge in [-0.2, -0.15) is 13.2 Å². The highest BCUT2D eigenvalue weighted by Crippen LogP contribution is 2.28. The Bertz CT molecular complexity index is 442. The predicted molar refractivity (Wildman–Crippen MR) is 67.9 cm³/mol. The lowest BCUT2D eigenvalue weighted by Gasteiger charge is -2.13. The molecule has 1 aromatic rings. The van der Waals surface area contributed by atoms with Crippen LogP contribution < -0.4 is 5.56 Å². The smallest absolute Gasteiger partial charge is 0.315 e. The van der Waals surface area contributed by atoms with Crippen molar-refractivity contribution in [1.82, 2.24) is 4.57 Å². The molecule has 102 valence electrons. The molecule has 0 aromatic carbocycles. The summed E-state index contributed by atoms with van der Waals surface area (Å²) in [6.45, 7) is 2.33. The molecule has 1 unspecified atom stereocenters. The van der Waals surface area contributed by atoms with E-state index in [1.807, 2.05) is 6.92 Å². The monoisotopic (exact) mass is 325 g/mol. The summed E-state index contributed by atoms with van der Waals surface area (Å²) in [6, 6.07) is 1.79. The Kier molecular flexibility index (Phi) is 5.44. The minimum Gasteiger partial charge on any atom is -0.315 e. The first-order valence-electron chi connectivity index (χ1n) is 5.68. The van der Waals surface area contributed by atoms with Gasteiger partial charge in [0.05, 0.1) is 5.56 Å². The van der Waals surface area contributed by atoms with Crippen LogP contribution in [0.3, 0.4) is 0 Å². The van der Waals surface area contributed by atoms with Crippen molar-refractivity contribution in [1.29, 1.82) is 0 Å². The fraction of sp³-hybridized carbons (Fsp3) is 0.583. The lowest BCUT2D eigenvalue weighted by atomic mass is 10.1. The number of aryl methyl sites for hydroxylation is 1. The molecular weight excluding hydrogens is 311 g/mol. The SMILES string of the molecule is CC(CCBr)CCn1cc(C(F)(F)F)ccc1=O. The molecule has 18 heavy (non-hydrogen) atoms. The maximum atomic E-state index is 12.5. The van der Waals surface area contributed by atoms with Crippen molar-refractivity contribution >= 4 is 15.9 Å². The average Bonchev–Trinajstić information content (AvgIpc) is 2.26. The summed E-state index contributed by atoms with van der Waals surface area (Å²) in [5.74, 6) is 0.366. The first kappa shape index (κ1) is 15.3. The van der Waals surface area contributed by atoms with E-state index < -0.39 is 17.3 Å². The zero-order chi connectivity index (χ0) is 13.8. The van der Waals surface area contributed by atoms with E-state index in [1.165, 1.54) is 0 Å². The van der Waals surface area contributed by atoms with Crippen molar-refractivity contribution in [3.05, 3.63) is 34.2 Å². The minimum absolute atomic E-state index is 0.316. The van der Waals surface area contributed by atoms with Crippen molar-refractivity contribution < 1.29 is 13.2 Å². The van der Waals surface area contributed by atoms with Gasteiger partial charge in [-0.15, -0.1) is 0 Å². The van der Waals surface area contributed by atoms with Crippen LogP contribution in [-0.4, -0.2) is 9.90 Å². The van der Waals surface area contributed by atoms with Crippen molar-refractivity contribution in [2.24, 2.45) is 5.92 Å². The first-order valence-corrected chi connectivity index (χ1v) is 6.80.